The highest BCUT2D eigenvalue weighted by atomic mass is 32.2. The van der Waals surface area contributed by atoms with Gasteiger partial charge in [0, 0.05) is 6.04 Å². The third-order valence-corrected chi connectivity index (χ3v) is 6.19. The lowest BCUT2D eigenvalue weighted by molar-refractivity contribution is 0.402. The van der Waals surface area contributed by atoms with Crippen molar-refractivity contribution in [1.82, 2.24) is 5.32 Å². The van der Waals surface area contributed by atoms with Gasteiger partial charge >= 0.3 is 0 Å². The second kappa shape index (κ2) is 7.41. The van der Waals surface area contributed by atoms with Crippen molar-refractivity contribution in [3.05, 3.63) is 35.4 Å². The summed E-state index contributed by atoms with van der Waals surface area (Å²) in [6.07, 6.45) is 3.89. The molecule has 1 aliphatic rings. The number of aryl methyl sites for hydroxylation is 1. The van der Waals surface area contributed by atoms with E-state index in [-0.39, 0.29) is 0 Å². The molecule has 21 heavy (non-hydrogen) atoms. The van der Waals surface area contributed by atoms with Crippen LogP contribution in [0.1, 0.15) is 37.3 Å². The van der Waals surface area contributed by atoms with Crippen LogP contribution in [-0.4, -0.2) is 32.5 Å². The molecule has 0 saturated carbocycles. The van der Waals surface area contributed by atoms with E-state index in [1.807, 2.05) is 0 Å². The van der Waals surface area contributed by atoms with Crippen LogP contribution in [0, 0.1) is 12.8 Å². The van der Waals surface area contributed by atoms with Gasteiger partial charge in [-0.2, -0.15) is 0 Å². The first-order valence-corrected chi connectivity index (χ1v) is 9.80. The Morgan fingerprint density at radius 2 is 2.10 bits per heavy atom. The summed E-state index contributed by atoms with van der Waals surface area (Å²) in [4.78, 5) is 0. The normalized spacial score (nSPS) is 22.3. The Balaban J connectivity index is 1.99. The van der Waals surface area contributed by atoms with Crippen molar-refractivity contribution in [2.45, 2.75) is 45.6 Å². The molecule has 1 heterocycles. The molecule has 0 radical (unpaired) electrons. The van der Waals surface area contributed by atoms with Crippen LogP contribution in [0.3, 0.4) is 0 Å². The van der Waals surface area contributed by atoms with E-state index in [1.165, 1.54) is 11.1 Å². The standard InChI is InChI=1S/C17H27NO2S/c1-3-9-18-17(11-15-8-10-21(19,20)13-15)12-16-7-5-4-6-14(16)2/h4-7,15,17-18H,3,8-13H2,1-2H3. The largest absolute Gasteiger partial charge is 0.314 e. The molecular weight excluding hydrogens is 282 g/mol. The molecule has 0 bridgehead atoms. The molecule has 0 amide bonds. The summed E-state index contributed by atoms with van der Waals surface area (Å²) in [5.41, 5.74) is 2.69. The lowest BCUT2D eigenvalue weighted by Crippen LogP contribution is -2.34. The Kier molecular flexibility index (Phi) is 5.82. The highest BCUT2D eigenvalue weighted by molar-refractivity contribution is 7.91. The predicted molar refractivity (Wildman–Crippen MR) is 88.3 cm³/mol. The number of hydrogen-bond acceptors (Lipinski definition) is 3. The SMILES string of the molecule is CCCNC(Cc1ccccc1C)CC1CCS(=O)(=O)C1. The molecule has 1 saturated heterocycles. The van der Waals surface area contributed by atoms with Gasteiger partial charge in [0.05, 0.1) is 11.5 Å². The van der Waals surface area contributed by atoms with E-state index in [0.29, 0.717) is 23.5 Å². The van der Waals surface area contributed by atoms with Crippen LogP contribution in [0.15, 0.2) is 24.3 Å². The van der Waals surface area contributed by atoms with Crippen LogP contribution >= 0.6 is 0 Å². The quantitative estimate of drug-likeness (QED) is 0.842. The summed E-state index contributed by atoms with van der Waals surface area (Å²) in [5, 5.41) is 3.60. The summed E-state index contributed by atoms with van der Waals surface area (Å²) in [6, 6.07) is 8.85. The fraction of sp³-hybridized carbons (Fsp3) is 0.647. The van der Waals surface area contributed by atoms with E-state index in [1.54, 1.807) is 0 Å². The Labute approximate surface area is 129 Å². The minimum Gasteiger partial charge on any atom is -0.314 e. The number of rotatable bonds is 7. The lowest BCUT2D eigenvalue weighted by Gasteiger charge is -2.22. The Morgan fingerprint density at radius 3 is 2.71 bits per heavy atom. The maximum Gasteiger partial charge on any atom is 0.150 e. The summed E-state index contributed by atoms with van der Waals surface area (Å²) in [6.45, 7) is 5.31. The van der Waals surface area contributed by atoms with Crippen molar-refractivity contribution in [3.8, 4) is 0 Å². The van der Waals surface area contributed by atoms with E-state index in [9.17, 15) is 8.42 Å². The van der Waals surface area contributed by atoms with Crippen LogP contribution in [0.2, 0.25) is 0 Å². The van der Waals surface area contributed by atoms with Crippen LogP contribution in [0.25, 0.3) is 0 Å². The summed E-state index contributed by atoms with van der Waals surface area (Å²) < 4.78 is 23.3. The first kappa shape index (κ1) is 16.5. The molecule has 2 rings (SSSR count). The lowest BCUT2D eigenvalue weighted by atomic mass is 9.93. The fourth-order valence-corrected chi connectivity index (χ4v) is 5.03. The molecule has 0 aliphatic carbocycles. The monoisotopic (exact) mass is 309 g/mol. The molecule has 2 atom stereocenters. The molecule has 1 aliphatic heterocycles. The van der Waals surface area contributed by atoms with Gasteiger partial charge in [0.2, 0.25) is 0 Å². The van der Waals surface area contributed by atoms with E-state index < -0.39 is 9.84 Å². The van der Waals surface area contributed by atoms with Crippen LogP contribution < -0.4 is 5.32 Å². The van der Waals surface area contributed by atoms with Gasteiger partial charge < -0.3 is 5.32 Å². The van der Waals surface area contributed by atoms with Gasteiger partial charge in [0.1, 0.15) is 0 Å². The second-order valence-corrected chi connectivity index (χ2v) is 8.52. The van der Waals surface area contributed by atoms with E-state index in [2.05, 4.69) is 43.4 Å². The summed E-state index contributed by atoms with van der Waals surface area (Å²) in [5.74, 6) is 1.08. The molecule has 1 fully saturated rings. The third kappa shape index (κ3) is 5.11. The smallest absolute Gasteiger partial charge is 0.150 e. The first-order chi connectivity index (χ1) is 10.00. The minimum absolute atomic E-state index is 0.327. The number of benzene rings is 1. The molecule has 1 N–H and O–H groups in total. The van der Waals surface area contributed by atoms with Gasteiger partial charge in [-0.15, -0.1) is 0 Å². The van der Waals surface area contributed by atoms with Crippen molar-refractivity contribution in [2.24, 2.45) is 5.92 Å². The van der Waals surface area contributed by atoms with Crippen molar-refractivity contribution in [1.29, 1.82) is 0 Å². The highest BCUT2D eigenvalue weighted by Crippen LogP contribution is 2.24. The predicted octanol–water partition coefficient (Wildman–Crippen LogP) is 2.73. The van der Waals surface area contributed by atoms with E-state index in [0.717, 1.165) is 32.2 Å². The zero-order valence-corrected chi connectivity index (χ0v) is 14.0. The van der Waals surface area contributed by atoms with Gasteiger partial charge in [0.25, 0.3) is 0 Å². The van der Waals surface area contributed by atoms with Gasteiger partial charge in [-0.3, -0.25) is 0 Å². The van der Waals surface area contributed by atoms with Gasteiger partial charge in [-0.25, -0.2) is 8.42 Å². The molecular formula is C17H27NO2S. The maximum atomic E-state index is 11.6. The van der Waals surface area contributed by atoms with E-state index >= 15 is 0 Å². The average molecular weight is 309 g/mol. The molecule has 4 heteroatoms. The Morgan fingerprint density at radius 1 is 1.33 bits per heavy atom. The van der Waals surface area contributed by atoms with Crippen molar-refractivity contribution >= 4 is 9.84 Å². The van der Waals surface area contributed by atoms with Gasteiger partial charge in [0.15, 0.2) is 9.84 Å². The topological polar surface area (TPSA) is 46.2 Å². The molecule has 1 aromatic carbocycles. The number of sulfone groups is 1. The molecule has 1 aromatic rings. The molecule has 3 nitrogen and oxygen atoms in total. The van der Waals surface area contributed by atoms with E-state index in [4.69, 9.17) is 0 Å². The Bertz CT molecular complexity index is 554. The second-order valence-electron chi connectivity index (χ2n) is 6.29. The maximum absolute atomic E-state index is 11.6. The number of hydrogen-bond donors (Lipinski definition) is 1. The summed E-state index contributed by atoms with van der Waals surface area (Å²) >= 11 is 0. The minimum atomic E-state index is -2.77. The molecule has 0 aromatic heterocycles. The van der Waals surface area contributed by atoms with Crippen LogP contribution in [0.5, 0.6) is 0 Å². The third-order valence-electron chi connectivity index (χ3n) is 4.36. The number of nitrogens with one attached hydrogen (secondary N) is 1. The van der Waals surface area contributed by atoms with Crippen LogP contribution in [0.4, 0.5) is 0 Å². The zero-order chi connectivity index (χ0) is 15.3. The average Bonchev–Trinajstić information content (AvgIpc) is 2.77. The van der Waals surface area contributed by atoms with Gasteiger partial charge in [-0.1, -0.05) is 31.2 Å². The summed E-state index contributed by atoms with van der Waals surface area (Å²) in [7, 11) is -2.77. The molecule has 118 valence electrons. The molecule has 0 spiro atoms. The van der Waals surface area contributed by atoms with Crippen LogP contribution in [-0.2, 0) is 16.3 Å². The molecule has 2 unspecified atom stereocenters. The highest BCUT2D eigenvalue weighted by Gasteiger charge is 2.29. The zero-order valence-electron chi connectivity index (χ0n) is 13.1. The van der Waals surface area contributed by atoms with Crippen molar-refractivity contribution in [2.75, 3.05) is 18.1 Å². The Hall–Kier alpha value is -0.870. The first-order valence-electron chi connectivity index (χ1n) is 7.98. The van der Waals surface area contributed by atoms with Crippen molar-refractivity contribution < 1.29 is 8.42 Å². The van der Waals surface area contributed by atoms with Crippen molar-refractivity contribution in [3.63, 3.8) is 0 Å². The van der Waals surface area contributed by atoms with Gasteiger partial charge in [-0.05, 0) is 56.2 Å². The fourth-order valence-electron chi connectivity index (χ4n) is 3.15.